The van der Waals surface area contributed by atoms with Crippen LogP contribution < -0.4 is 0 Å². The summed E-state index contributed by atoms with van der Waals surface area (Å²) in [5, 5.41) is 0. The van der Waals surface area contributed by atoms with Crippen LogP contribution in [0.1, 0.15) is 6.42 Å². The van der Waals surface area contributed by atoms with E-state index in [0.717, 1.165) is 10.1 Å². The molecule has 0 aliphatic heterocycles. The molecule has 0 aromatic rings. The van der Waals surface area contributed by atoms with Crippen LogP contribution >= 0.6 is 15.9 Å². The van der Waals surface area contributed by atoms with E-state index in [4.69, 9.17) is 0 Å². The predicted octanol–water partition coefficient (Wildman–Crippen LogP) is 2.57. The molecule has 0 aromatic carbocycles. The van der Waals surface area contributed by atoms with E-state index in [2.05, 4.69) is 27.2 Å². The SMILES string of the molecule is C=C1C(Br)=CC=CC1CC(=O)OC. The van der Waals surface area contributed by atoms with Gasteiger partial charge in [-0.15, -0.1) is 0 Å². The van der Waals surface area contributed by atoms with Crippen molar-refractivity contribution in [1.82, 2.24) is 0 Å². The lowest BCUT2D eigenvalue weighted by molar-refractivity contribution is -0.141. The van der Waals surface area contributed by atoms with Crippen molar-refractivity contribution in [3.63, 3.8) is 0 Å². The number of ether oxygens (including phenoxy) is 1. The molecule has 0 amide bonds. The number of methoxy groups -OCH3 is 1. The Balaban J connectivity index is 2.63. The number of allylic oxidation sites excluding steroid dienone is 5. The van der Waals surface area contributed by atoms with Crippen molar-refractivity contribution < 1.29 is 9.53 Å². The van der Waals surface area contributed by atoms with Gasteiger partial charge in [-0.05, 0) is 11.6 Å². The van der Waals surface area contributed by atoms with Crippen LogP contribution in [0.25, 0.3) is 0 Å². The molecule has 2 nitrogen and oxygen atoms in total. The Kier molecular flexibility index (Phi) is 3.48. The fourth-order valence-electron chi connectivity index (χ4n) is 1.13. The predicted molar refractivity (Wildman–Crippen MR) is 55.4 cm³/mol. The van der Waals surface area contributed by atoms with Crippen molar-refractivity contribution in [1.29, 1.82) is 0 Å². The van der Waals surface area contributed by atoms with Crippen LogP contribution in [0.2, 0.25) is 0 Å². The highest BCUT2D eigenvalue weighted by molar-refractivity contribution is 9.12. The fraction of sp³-hybridized carbons (Fsp3) is 0.300. The molecule has 13 heavy (non-hydrogen) atoms. The number of hydrogen-bond donors (Lipinski definition) is 0. The third-order valence-electron chi connectivity index (χ3n) is 1.95. The third-order valence-corrected chi connectivity index (χ3v) is 2.73. The van der Waals surface area contributed by atoms with Gasteiger partial charge in [-0.25, -0.2) is 0 Å². The number of rotatable bonds is 2. The highest BCUT2D eigenvalue weighted by Gasteiger charge is 2.18. The van der Waals surface area contributed by atoms with E-state index in [1.165, 1.54) is 7.11 Å². The Morgan fingerprint density at radius 1 is 1.77 bits per heavy atom. The average molecular weight is 243 g/mol. The second kappa shape index (κ2) is 4.42. The molecule has 0 heterocycles. The number of halogens is 1. The number of hydrogen-bond acceptors (Lipinski definition) is 2. The lowest BCUT2D eigenvalue weighted by Crippen LogP contribution is -2.11. The monoisotopic (exact) mass is 242 g/mol. The first-order chi connectivity index (χ1) is 6.15. The maximum atomic E-state index is 11.0. The summed E-state index contributed by atoms with van der Waals surface area (Å²) >= 11 is 3.36. The molecule has 1 unspecified atom stereocenters. The van der Waals surface area contributed by atoms with Crippen molar-refractivity contribution in [2.24, 2.45) is 5.92 Å². The van der Waals surface area contributed by atoms with Gasteiger partial charge in [0.05, 0.1) is 13.5 Å². The summed E-state index contributed by atoms with van der Waals surface area (Å²) in [7, 11) is 1.39. The summed E-state index contributed by atoms with van der Waals surface area (Å²) in [5.74, 6) is -0.148. The molecule has 0 saturated heterocycles. The lowest BCUT2D eigenvalue weighted by atomic mass is 9.93. The lowest BCUT2D eigenvalue weighted by Gasteiger charge is -2.16. The van der Waals surface area contributed by atoms with Crippen molar-refractivity contribution >= 4 is 21.9 Å². The normalized spacial score (nSPS) is 21.2. The zero-order valence-corrected chi connectivity index (χ0v) is 9.00. The number of carbonyl (C=O) groups excluding carboxylic acids is 1. The van der Waals surface area contributed by atoms with E-state index in [0.29, 0.717) is 6.42 Å². The Labute approximate surface area is 86.1 Å². The molecule has 3 heteroatoms. The van der Waals surface area contributed by atoms with Crippen LogP contribution in [0, 0.1) is 5.92 Å². The summed E-state index contributed by atoms with van der Waals surface area (Å²) in [4.78, 5) is 11.0. The summed E-state index contributed by atoms with van der Waals surface area (Å²) in [5.41, 5.74) is 0.924. The molecule has 1 aliphatic rings. The number of carbonyl (C=O) groups is 1. The van der Waals surface area contributed by atoms with E-state index < -0.39 is 0 Å². The first kappa shape index (κ1) is 10.3. The minimum Gasteiger partial charge on any atom is -0.469 e. The zero-order chi connectivity index (χ0) is 9.84. The number of esters is 1. The molecule has 1 aliphatic carbocycles. The summed E-state index contributed by atoms with van der Waals surface area (Å²) in [6, 6.07) is 0. The van der Waals surface area contributed by atoms with Crippen molar-refractivity contribution in [3.8, 4) is 0 Å². The van der Waals surface area contributed by atoms with Crippen molar-refractivity contribution in [3.05, 3.63) is 34.9 Å². The molecular formula is C10H11BrO2. The molecule has 0 aromatic heterocycles. The molecule has 1 atom stereocenters. The minimum atomic E-state index is -0.210. The van der Waals surface area contributed by atoms with E-state index in [1.807, 2.05) is 18.2 Å². The smallest absolute Gasteiger partial charge is 0.306 e. The topological polar surface area (TPSA) is 26.3 Å². The highest BCUT2D eigenvalue weighted by atomic mass is 79.9. The van der Waals surface area contributed by atoms with Gasteiger partial charge >= 0.3 is 5.97 Å². The maximum Gasteiger partial charge on any atom is 0.306 e. The summed E-state index contributed by atoms with van der Waals surface area (Å²) in [6.45, 7) is 3.89. The second-order valence-electron chi connectivity index (χ2n) is 2.81. The second-order valence-corrected chi connectivity index (χ2v) is 3.67. The largest absolute Gasteiger partial charge is 0.469 e. The molecule has 0 radical (unpaired) electrons. The molecule has 1 rings (SSSR count). The summed E-state index contributed by atoms with van der Waals surface area (Å²) in [6.07, 6.45) is 6.13. The van der Waals surface area contributed by atoms with Crippen molar-refractivity contribution in [2.75, 3.05) is 7.11 Å². The van der Waals surface area contributed by atoms with E-state index in [9.17, 15) is 4.79 Å². The van der Waals surface area contributed by atoms with Gasteiger partial charge in [-0.2, -0.15) is 0 Å². The van der Waals surface area contributed by atoms with Gasteiger partial charge in [0.2, 0.25) is 0 Å². The van der Waals surface area contributed by atoms with Crippen LogP contribution in [-0.2, 0) is 9.53 Å². The fourth-order valence-corrected chi connectivity index (χ4v) is 1.58. The van der Waals surface area contributed by atoms with Gasteiger partial charge < -0.3 is 4.74 Å². The van der Waals surface area contributed by atoms with Gasteiger partial charge in [0.25, 0.3) is 0 Å². The van der Waals surface area contributed by atoms with Gasteiger partial charge in [-0.1, -0.05) is 34.7 Å². The van der Waals surface area contributed by atoms with Crippen LogP contribution in [-0.4, -0.2) is 13.1 Å². The maximum absolute atomic E-state index is 11.0. The van der Waals surface area contributed by atoms with Gasteiger partial charge in [0.1, 0.15) is 0 Å². The molecule has 70 valence electrons. The molecular weight excluding hydrogens is 232 g/mol. The molecule has 0 saturated carbocycles. The Hall–Kier alpha value is -0.830. The Morgan fingerprint density at radius 2 is 2.46 bits per heavy atom. The van der Waals surface area contributed by atoms with E-state index >= 15 is 0 Å². The third kappa shape index (κ3) is 2.56. The van der Waals surface area contributed by atoms with Crippen LogP contribution in [0.15, 0.2) is 34.9 Å². The van der Waals surface area contributed by atoms with Crippen molar-refractivity contribution in [2.45, 2.75) is 6.42 Å². The average Bonchev–Trinajstić information content (AvgIpc) is 2.13. The van der Waals surface area contributed by atoms with Gasteiger partial charge in [0.15, 0.2) is 0 Å². The molecule has 0 bridgehead atoms. The molecule has 0 fully saturated rings. The first-order valence-electron chi connectivity index (χ1n) is 3.95. The quantitative estimate of drug-likeness (QED) is 0.696. The van der Waals surface area contributed by atoms with E-state index in [-0.39, 0.29) is 11.9 Å². The van der Waals surface area contributed by atoms with Gasteiger partial charge in [-0.3, -0.25) is 4.79 Å². The van der Waals surface area contributed by atoms with Crippen LogP contribution in [0.3, 0.4) is 0 Å². The first-order valence-corrected chi connectivity index (χ1v) is 4.74. The molecule has 0 spiro atoms. The Morgan fingerprint density at radius 3 is 3.08 bits per heavy atom. The van der Waals surface area contributed by atoms with Gasteiger partial charge in [0, 0.05) is 10.4 Å². The van der Waals surface area contributed by atoms with Crippen LogP contribution in [0.5, 0.6) is 0 Å². The van der Waals surface area contributed by atoms with Crippen LogP contribution in [0.4, 0.5) is 0 Å². The zero-order valence-electron chi connectivity index (χ0n) is 7.42. The minimum absolute atomic E-state index is 0.0619. The molecule has 0 N–H and O–H groups in total. The summed E-state index contributed by atoms with van der Waals surface area (Å²) < 4.78 is 5.54. The van der Waals surface area contributed by atoms with E-state index in [1.54, 1.807) is 0 Å². The standard InChI is InChI=1S/C10H11BrO2/c1-7-8(6-10(12)13-2)4-3-5-9(7)11/h3-5,8H,1,6H2,2H3. The Bertz CT molecular complexity index is 289. The highest BCUT2D eigenvalue weighted by Crippen LogP contribution is 2.30.